The highest BCUT2D eigenvalue weighted by atomic mass is 32.2. The maximum atomic E-state index is 13.7. The van der Waals surface area contributed by atoms with E-state index in [1.807, 2.05) is 6.92 Å². The van der Waals surface area contributed by atoms with Gasteiger partial charge in [0.1, 0.15) is 23.9 Å². The average Bonchev–Trinajstić information content (AvgIpc) is 3.61. The van der Waals surface area contributed by atoms with E-state index in [0.717, 1.165) is 50.2 Å². The number of hydrogen-bond donors (Lipinski definition) is 1. The molecular formula is C32H40FN5O10S. The quantitative estimate of drug-likeness (QED) is 0.193. The SMILES string of the molecule is Cc1nc2n(c(=O)c1CCN1CCC(c3noc4c3C=CC(F)C4)CC1)CCCC2OCCCCC(=O)ON1C(=O)CC(S(=O)(=O)O)C1=O. The van der Waals surface area contributed by atoms with E-state index in [1.54, 1.807) is 16.7 Å². The number of piperidine rings is 1. The van der Waals surface area contributed by atoms with E-state index in [9.17, 15) is 32.0 Å². The third kappa shape index (κ3) is 7.69. The van der Waals surface area contributed by atoms with Crippen LogP contribution in [0, 0.1) is 6.92 Å². The molecular weight excluding hydrogens is 665 g/mol. The first-order chi connectivity index (χ1) is 23.4. The van der Waals surface area contributed by atoms with Gasteiger partial charge in [-0.1, -0.05) is 11.2 Å². The summed E-state index contributed by atoms with van der Waals surface area (Å²) in [7, 11) is -4.80. The topological polar surface area (TPSA) is 191 Å². The van der Waals surface area contributed by atoms with Crippen LogP contribution in [0.3, 0.4) is 0 Å². The number of halogens is 1. The molecule has 2 aromatic rings. The minimum absolute atomic E-state index is 0.0529. The van der Waals surface area contributed by atoms with Crippen molar-refractivity contribution >= 4 is 34.0 Å². The van der Waals surface area contributed by atoms with Crippen molar-refractivity contribution in [3.05, 3.63) is 50.5 Å². The molecule has 0 spiro atoms. The summed E-state index contributed by atoms with van der Waals surface area (Å²) in [4.78, 5) is 61.6. The second-order valence-electron chi connectivity index (χ2n) is 13.0. The Kier molecular flexibility index (Phi) is 10.4. The predicted molar refractivity (Wildman–Crippen MR) is 169 cm³/mol. The van der Waals surface area contributed by atoms with Crippen LogP contribution in [0.5, 0.6) is 0 Å². The number of likely N-dealkylation sites (tertiary alicyclic amines) is 1. The molecule has 1 aliphatic carbocycles. The fourth-order valence-electron chi connectivity index (χ4n) is 6.96. The number of aryl methyl sites for hydroxylation is 1. The average molecular weight is 706 g/mol. The van der Waals surface area contributed by atoms with Gasteiger partial charge in [0, 0.05) is 55.3 Å². The first-order valence-electron chi connectivity index (χ1n) is 16.7. The lowest BCUT2D eigenvalue weighted by molar-refractivity contribution is -0.197. The Morgan fingerprint density at radius 3 is 2.63 bits per heavy atom. The maximum Gasteiger partial charge on any atom is 0.333 e. The lowest BCUT2D eigenvalue weighted by Crippen LogP contribution is -2.38. The number of allylic oxidation sites excluding steroid dienone is 1. The second-order valence-corrected chi connectivity index (χ2v) is 14.6. The Labute approximate surface area is 282 Å². The molecule has 3 aliphatic heterocycles. The van der Waals surface area contributed by atoms with Gasteiger partial charge in [-0.2, -0.15) is 8.42 Å². The molecule has 17 heteroatoms. The number of nitrogens with zero attached hydrogens (tertiary/aromatic N) is 5. The van der Waals surface area contributed by atoms with Crippen LogP contribution in [-0.4, -0.2) is 93.1 Å². The minimum atomic E-state index is -4.80. The third-order valence-electron chi connectivity index (χ3n) is 9.68. The summed E-state index contributed by atoms with van der Waals surface area (Å²) < 4.78 is 58.5. The molecule has 5 heterocycles. The highest BCUT2D eigenvalue weighted by Crippen LogP contribution is 2.34. The van der Waals surface area contributed by atoms with E-state index in [4.69, 9.17) is 23.6 Å². The third-order valence-corrected chi connectivity index (χ3v) is 10.8. The van der Waals surface area contributed by atoms with Crippen LogP contribution in [0.1, 0.15) is 97.5 Å². The van der Waals surface area contributed by atoms with Gasteiger partial charge >= 0.3 is 5.97 Å². The molecule has 4 aliphatic rings. The number of fused-ring (bicyclic) bond motifs is 2. The van der Waals surface area contributed by atoms with Gasteiger partial charge in [0.05, 0.1) is 12.1 Å². The van der Waals surface area contributed by atoms with E-state index in [0.29, 0.717) is 55.1 Å². The van der Waals surface area contributed by atoms with Crippen molar-refractivity contribution in [2.45, 2.75) is 101 Å². The Morgan fingerprint density at radius 2 is 1.90 bits per heavy atom. The van der Waals surface area contributed by atoms with Gasteiger partial charge in [-0.25, -0.2) is 14.2 Å². The largest absolute Gasteiger partial charge is 0.370 e. The number of hydroxylamine groups is 2. The zero-order valence-electron chi connectivity index (χ0n) is 27.2. The number of rotatable bonds is 12. The molecule has 49 heavy (non-hydrogen) atoms. The first kappa shape index (κ1) is 35.0. The number of alkyl halides is 1. The maximum absolute atomic E-state index is 13.7. The van der Waals surface area contributed by atoms with Crippen LogP contribution in [0.4, 0.5) is 4.39 Å². The molecule has 266 valence electrons. The molecule has 2 fully saturated rings. The summed E-state index contributed by atoms with van der Waals surface area (Å²) >= 11 is 0. The molecule has 1 N–H and O–H groups in total. The lowest BCUT2D eigenvalue weighted by Gasteiger charge is -2.31. The van der Waals surface area contributed by atoms with E-state index >= 15 is 0 Å². The number of amides is 2. The molecule has 0 saturated carbocycles. The highest BCUT2D eigenvalue weighted by molar-refractivity contribution is 7.87. The predicted octanol–water partition coefficient (Wildman–Crippen LogP) is 2.36. The van der Waals surface area contributed by atoms with E-state index in [-0.39, 0.29) is 42.1 Å². The van der Waals surface area contributed by atoms with Crippen LogP contribution >= 0.6 is 0 Å². The Balaban J connectivity index is 0.957. The fraction of sp³-hybridized carbons (Fsp3) is 0.625. The van der Waals surface area contributed by atoms with Crippen LogP contribution in [0.15, 0.2) is 15.4 Å². The van der Waals surface area contributed by atoms with Crippen molar-refractivity contribution in [3.63, 3.8) is 0 Å². The monoisotopic (exact) mass is 705 g/mol. The van der Waals surface area contributed by atoms with Gasteiger partial charge < -0.3 is 19.0 Å². The number of aromatic nitrogens is 3. The molecule has 2 saturated heterocycles. The van der Waals surface area contributed by atoms with E-state index in [1.165, 1.54) is 0 Å². The van der Waals surface area contributed by atoms with Crippen molar-refractivity contribution in [1.29, 1.82) is 0 Å². The van der Waals surface area contributed by atoms with Gasteiger partial charge in [-0.3, -0.25) is 23.5 Å². The molecule has 2 aromatic heterocycles. The van der Waals surface area contributed by atoms with Crippen molar-refractivity contribution in [2.75, 3.05) is 26.2 Å². The molecule has 0 radical (unpaired) electrons. The molecule has 2 amide bonds. The summed E-state index contributed by atoms with van der Waals surface area (Å²) in [6.07, 6.45) is 5.78. The first-order valence-corrected chi connectivity index (χ1v) is 18.2. The number of carbonyl (C=O) groups is 3. The molecule has 3 unspecified atom stereocenters. The zero-order chi connectivity index (χ0) is 34.9. The minimum Gasteiger partial charge on any atom is -0.370 e. The van der Waals surface area contributed by atoms with Gasteiger partial charge in [-0.05, 0) is 71.0 Å². The van der Waals surface area contributed by atoms with Crippen LogP contribution in [0.25, 0.3) is 6.08 Å². The highest BCUT2D eigenvalue weighted by Gasteiger charge is 2.48. The molecule has 15 nitrogen and oxygen atoms in total. The van der Waals surface area contributed by atoms with Gasteiger partial charge in [0.2, 0.25) is 0 Å². The fourth-order valence-corrected chi connectivity index (χ4v) is 7.66. The van der Waals surface area contributed by atoms with Crippen molar-refractivity contribution in [2.24, 2.45) is 0 Å². The number of imide groups is 1. The summed E-state index contributed by atoms with van der Waals surface area (Å²) in [5.41, 5.74) is 3.16. The van der Waals surface area contributed by atoms with E-state index < -0.39 is 45.7 Å². The van der Waals surface area contributed by atoms with Gasteiger partial charge in [-0.15, -0.1) is 5.06 Å². The second kappa shape index (κ2) is 14.6. The van der Waals surface area contributed by atoms with Crippen LogP contribution in [0.2, 0.25) is 0 Å². The lowest BCUT2D eigenvalue weighted by atomic mass is 9.89. The molecule has 0 aromatic carbocycles. The van der Waals surface area contributed by atoms with E-state index in [2.05, 4.69) is 10.1 Å². The van der Waals surface area contributed by atoms with Crippen LogP contribution in [-0.2, 0) is 53.5 Å². The molecule has 0 bridgehead atoms. The Bertz CT molecular complexity index is 1800. The van der Waals surface area contributed by atoms with Crippen LogP contribution < -0.4 is 5.56 Å². The van der Waals surface area contributed by atoms with Crippen molar-refractivity contribution < 1.29 is 45.8 Å². The number of carbonyl (C=O) groups excluding carboxylic acids is 3. The summed E-state index contributed by atoms with van der Waals surface area (Å²) in [6, 6.07) is 0. The standard InChI is InChI=1S/C32H40FN5O10S/c1-19-22(11-15-36-13-9-20(10-14-36)29-23-8-7-21(33)17-25(23)47-35-29)31(41)37-12-4-5-24(30(37)34-19)46-16-3-2-6-28(40)48-38-27(39)18-26(32(38)42)49(43,44)45/h7-8,20-21,24,26H,2-6,9-18H2,1H3,(H,43,44,45). The molecule has 3 atom stereocenters. The van der Waals surface area contributed by atoms with Gasteiger partial charge in [0.25, 0.3) is 27.5 Å². The summed E-state index contributed by atoms with van der Waals surface area (Å²) in [5, 5.41) is 2.38. The Morgan fingerprint density at radius 1 is 1.12 bits per heavy atom. The molecule has 6 rings (SSSR count). The Hall–Kier alpha value is -3.80. The number of unbranched alkanes of at least 4 members (excludes halogenated alkanes) is 1. The summed E-state index contributed by atoms with van der Waals surface area (Å²) in [6.45, 7) is 5.11. The van der Waals surface area contributed by atoms with Crippen molar-refractivity contribution in [3.8, 4) is 0 Å². The normalized spacial score (nSPS) is 23.2. The van der Waals surface area contributed by atoms with Crippen molar-refractivity contribution in [1.82, 2.24) is 24.7 Å². The number of hydrogen-bond acceptors (Lipinski definition) is 12. The summed E-state index contributed by atoms with van der Waals surface area (Å²) in [5.74, 6) is -1.77. The number of ether oxygens (including phenoxy) is 1. The smallest absolute Gasteiger partial charge is 0.333 e. The van der Waals surface area contributed by atoms with Gasteiger partial charge in [0.15, 0.2) is 5.25 Å². The zero-order valence-corrected chi connectivity index (χ0v) is 28.0.